The number of hydrogen-bond donors (Lipinski definition) is 1. The lowest BCUT2D eigenvalue weighted by molar-refractivity contribution is -0.385. The molecule has 1 atom stereocenters. The molecule has 6 nitrogen and oxygen atoms in total. The Morgan fingerprint density at radius 2 is 1.93 bits per heavy atom. The first-order valence-electron chi connectivity index (χ1n) is 8.53. The molecule has 0 saturated heterocycles. The number of carboxylic acids is 1. The fourth-order valence-electron chi connectivity index (χ4n) is 3.19. The molecule has 0 aromatic heterocycles. The Hall–Kier alpha value is -2.60. The van der Waals surface area contributed by atoms with Crippen LogP contribution in [0.1, 0.15) is 10.4 Å². The summed E-state index contributed by atoms with van der Waals surface area (Å²) in [6.07, 6.45) is 0.873. The molecule has 0 fully saturated rings. The van der Waals surface area contributed by atoms with Gasteiger partial charge in [0.1, 0.15) is 5.56 Å². The quantitative estimate of drug-likeness (QED) is 0.284. The Kier molecular flexibility index (Phi) is 5.46. The zero-order valence-electron chi connectivity index (χ0n) is 14.8. The van der Waals surface area contributed by atoms with Crippen LogP contribution < -0.4 is 4.90 Å². The molecular formula is C20H14ClN2O4PS. The molecule has 0 bridgehead atoms. The molecule has 0 amide bonds. The first-order valence-corrected chi connectivity index (χ1v) is 11.7. The highest BCUT2D eigenvalue weighted by molar-refractivity contribution is 8.49. The summed E-state index contributed by atoms with van der Waals surface area (Å²) >= 11 is 8.29. The lowest BCUT2D eigenvalue weighted by Gasteiger charge is -2.31. The number of para-hydroxylation sites is 1. The molecule has 1 aliphatic rings. The number of carbonyl (C=O) groups is 1. The summed E-state index contributed by atoms with van der Waals surface area (Å²) in [7, 11) is 0.630. The molecule has 1 heterocycles. The molecule has 1 N–H and O–H groups in total. The van der Waals surface area contributed by atoms with Crippen LogP contribution in [-0.2, 0) is 0 Å². The average Bonchev–Trinajstić information content (AvgIpc) is 2.73. The minimum atomic E-state index is -1.35. The first-order chi connectivity index (χ1) is 14.0. The van der Waals surface area contributed by atoms with Gasteiger partial charge in [0, 0.05) is 28.5 Å². The molecule has 1 aliphatic heterocycles. The van der Waals surface area contributed by atoms with Crippen LogP contribution in [-0.4, -0.2) is 22.3 Å². The van der Waals surface area contributed by atoms with E-state index in [1.54, 1.807) is 11.4 Å². The van der Waals surface area contributed by atoms with Gasteiger partial charge in [-0.05, 0) is 49.7 Å². The zero-order chi connectivity index (χ0) is 20.5. The predicted molar refractivity (Wildman–Crippen MR) is 118 cm³/mol. The van der Waals surface area contributed by atoms with E-state index >= 15 is 0 Å². The number of benzene rings is 3. The van der Waals surface area contributed by atoms with Crippen molar-refractivity contribution in [1.82, 2.24) is 0 Å². The van der Waals surface area contributed by atoms with Crippen molar-refractivity contribution in [2.24, 2.45) is 0 Å². The van der Waals surface area contributed by atoms with Gasteiger partial charge in [0.2, 0.25) is 0 Å². The van der Waals surface area contributed by atoms with Gasteiger partial charge in [-0.15, -0.1) is 0 Å². The highest BCUT2D eigenvalue weighted by atomic mass is 35.5. The maximum Gasteiger partial charge on any atom is 0.342 e. The van der Waals surface area contributed by atoms with Gasteiger partial charge in [-0.2, -0.15) is 0 Å². The smallest absolute Gasteiger partial charge is 0.342 e. The van der Waals surface area contributed by atoms with E-state index in [2.05, 4.69) is 4.90 Å². The maximum absolute atomic E-state index is 11.5. The Morgan fingerprint density at radius 1 is 1.17 bits per heavy atom. The second-order valence-electron chi connectivity index (χ2n) is 6.26. The SMILES string of the molecule is O=C(O)c1cc(-c2cc3c(cc2Cl)N(c2ccccc2)CPS3)ccc1[N+](=O)[O-]. The minimum absolute atomic E-state index is 0.360. The van der Waals surface area contributed by atoms with E-state index < -0.39 is 16.6 Å². The molecule has 0 aliphatic carbocycles. The topological polar surface area (TPSA) is 83.7 Å². The van der Waals surface area contributed by atoms with Gasteiger partial charge in [0.05, 0.1) is 15.6 Å². The number of nitro groups is 1. The van der Waals surface area contributed by atoms with Gasteiger partial charge in [-0.25, -0.2) is 4.79 Å². The average molecular weight is 445 g/mol. The Bertz CT molecular complexity index is 1130. The van der Waals surface area contributed by atoms with E-state index in [4.69, 9.17) is 11.6 Å². The Balaban J connectivity index is 1.81. The lowest BCUT2D eigenvalue weighted by atomic mass is 10.0. The summed E-state index contributed by atoms with van der Waals surface area (Å²) in [5, 5.41) is 20.9. The normalized spacial score (nSPS) is 13.9. The molecule has 146 valence electrons. The third-order valence-electron chi connectivity index (χ3n) is 4.55. The predicted octanol–water partition coefficient (Wildman–Crippen LogP) is 6.41. The molecule has 3 aromatic rings. The van der Waals surface area contributed by atoms with Gasteiger partial charge in [-0.3, -0.25) is 10.1 Å². The number of rotatable bonds is 4. The van der Waals surface area contributed by atoms with Crippen molar-refractivity contribution in [3.8, 4) is 11.1 Å². The van der Waals surface area contributed by atoms with Crippen molar-refractivity contribution in [2.45, 2.75) is 4.90 Å². The van der Waals surface area contributed by atoms with E-state index in [0.717, 1.165) is 22.6 Å². The second-order valence-corrected chi connectivity index (χ2v) is 9.40. The van der Waals surface area contributed by atoms with Crippen molar-refractivity contribution < 1.29 is 14.8 Å². The van der Waals surface area contributed by atoms with Gasteiger partial charge >= 0.3 is 5.97 Å². The van der Waals surface area contributed by atoms with E-state index in [9.17, 15) is 20.0 Å². The van der Waals surface area contributed by atoms with Crippen molar-refractivity contribution >= 4 is 53.8 Å². The van der Waals surface area contributed by atoms with Crippen LogP contribution in [0.15, 0.2) is 65.6 Å². The zero-order valence-corrected chi connectivity index (χ0v) is 17.4. The molecule has 0 spiro atoms. The molecule has 4 rings (SSSR count). The van der Waals surface area contributed by atoms with Gasteiger partial charge in [0.25, 0.3) is 5.69 Å². The van der Waals surface area contributed by atoms with Crippen LogP contribution in [0.25, 0.3) is 11.1 Å². The number of fused-ring (bicyclic) bond motifs is 1. The number of hydrogen-bond acceptors (Lipinski definition) is 5. The number of carboxylic acid groups (broad SMARTS) is 1. The number of nitro benzene ring substituents is 1. The van der Waals surface area contributed by atoms with Gasteiger partial charge in [0.15, 0.2) is 0 Å². The summed E-state index contributed by atoms with van der Waals surface area (Å²) in [6.45, 7) is 0. The number of nitrogens with zero attached hydrogens (tertiary/aromatic N) is 2. The van der Waals surface area contributed by atoms with Crippen LogP contribution in [0.3, 0.4) is 0 Å². The molecular weight excluding hydrogens is 431 g/mol. The first kappa shape index (κ1) is 19.7. The molecule has 0 radical (unpaired) electrons. The maximum atomic E-state index is 11.5. The summed E-state index contributed by atoms with van der Waals surface area (Å²) in [5.74, 6) is -1.35. The van der Waals surface area contributed by atoms with Crippen LogP contribution in [0, 0.1) is 10.1 Å². The lowest BCUT2D eigenvalue weighted by Crippen LogP contribution is -2.18. The highest BCUT2D eigenvalue weighted by Gasteiger charge is 2.24. The highest BCUT2D eigenvalue weighted by Crippen LogP contribution is 2.52. The van der Waals surface area contributed by atoms with Crippen LogP contribution >= 0.6 is 30.8 Å². The number of anilines is 2. The standard InChI is InChI=1S/C20H14ClN2O4PS/c21-16-10-18-19(29-28-11-22(18)13-4-2-1-3-5-13)9-14(16)12-6-7-17(23(26)27)15(8-12)20(24)25/h1-10,28H,11H2,(H,24,25). The summed E-state index contributed by atoms with van der Waals surface area (Å²) < 4.78 is 0. The fraction of sp³-hybridized carbons (Fsp3) is 0.0500. The van der Waals surface area contributed by atoms with Crippen molar-refractivity contribution in [2.75, 3.05) is 11.2 Å². The van der Waals surface area contributed by atoms with E-state index in [-0.39, 0.29) is 5.56 Å². The molecule has 29 heavy (non-hydrogen) atoms. The van der Waals surface area contributed by atoms with Crippen molar-refractivity contribution in [3.05, 3.63) is 81.4 Å². The molecule has 3 aromatic carbocycles. The van der Waals surface area contributed by atoms with E-state index in [1.807, 2.05) is 42.5 Å². The number of aromatic carboxylic acids is 1. The van der Waals surface area contributed by atoms with E-state index in [0.29, 0.717) is 23.9 Å². The van der Waals surface area contributed by atoms with Gasteiger partial charge in [-0.1, -0.05) is 41.2 Å². The molecule has 1 unspecified atom stereocenters. The summed E-state index contributed by atoms with van der Waals surface area (Å²) in [5.41, 5.74) is 2.45. The molecule has 0 saturated carbocycles. The third kappa shape index (κ3) is 3.81. The fourth-order valence-corrected chi connectivity index (χ4v) is 6.15. The summed E-state index contributed by atoms with van der Waals surface area (Å²) in [6, 6.07) is 17.9. The number of halogens is 1. The second kappa shape index (κ2) is 8.03. The van der Waals surface area contributed by atoms with Crippen LogP contribution in [0.2, 0.25) is 5.02 Å². The minimum Gasteiger partial charge on any atom is -0.477 e. The van der Waals surface area contributed by atoms with Gasteiger partial charge < -0.3 is 10.0 Å². The van der Waals surface area contributed by atoms with Crippen LogP contribution in [0.5, 0.6) is 0 Å². The third-order valence-corrected chi connectivity index (χ3v) is 7.48. The van der Waals surface area contributed by atoms with Crippen LogP contribution in [0.4, 0.5) is 17.1 Å². The summed E-state index contributed by atoms with van der Waals surface area (Å²) in [4.78, 5) is 25.1. The Labute approximate surface area is 177 Å². The molecule has 9 heteroatoms. The monoisotopic (exact) mass is 444 g/mol. The largest absolute Gasteiger partial charge is 0.477 e. The van der Waals surface area contributed by atoms with Crippen molar-refractivity contribution in [3.63, 3.8) is 0 Å². The Morgan fingerprint density at radius 3 is 2.62 bits per heavy atom. The van der Waals surface area contributed by atoms with Crippen molar-refractivity contribution in [1.29, 1.82) is 0 Å². The van der Waals surface area contributed by atoms with E-state index in [1.165, 1.54) is 18.2 Å².